The number of benzene rings is 1. The second-order valence-corrected chi connectivity index (χ2v) is 3.89. The minimum Gasteiger partial charge on any atom is -0.460 e. The predicted octanol–water partition coefficient (Wildman–Crippen LogP) is 2.42. The van der Waals surface area contributed by atoms with E-state index in [0.717, 1.165) is 30.0 Å². The topological polar surface area (TPSA) is 45.4 Å². The van der Waals surface area contributed by atoms with Gasteiger partial charge in [-0.1, -0.05) is 30.3 Å². The first-order chi connectivity index (χ1) is 8.40. The lowest BCUT2D eigenvalue weighted by Gasteiger charge is -2.00. The van der Waals surface area contributed by atoms with Crippen LogP contribution in [0, 0.1) is 0 Å². The van der Waals surface area contributed by atoms with E-state index in [-0.39, 0.29) is 6.61 Å². The van der Waals surface area contributed by atoms with E-state index >= 15 is 0 Å². The van der Waals surface area contributed by atoms with E-state index < -0.39 is 0 Å². The van der Waals surface area contributed by atoms with Crippen molar-refractivity contribution in [3.05, 3.63) is 48.2 Å². The molecule has 1 heterocycles. The Kier molecular flexibility index (Phi) is 4.36. The molecule has 17 heavy (non-hydrogen) atoms. The fourth-order valence-electron chi connectivity index (χ4n) is 1.65. The summed E-state index contributed by atoms with van der Waals surface area (Å²) in [6.07, 6.45) is 0.770. The first-order valence-electron chi connectivity index (χ1n) is 5.86. The van der Waals surface area contributed by atoms with Gasteiger partial charge in [0, 0.05) is 12.2 Å². The second-order valence-electron chi connectivity index (χ2n) is 3.89. The summed E-state index contributed by atoms with van der Waals surface area (Å²) in [5.41, 5.74) is 1.09. The van der Waals surface area contributed by atoms with Crippen molar-refractivity contribution < 1.29 is 9.52 Å². The Balaban J connectivity index is 1.92. The Morgan fingerprint density at radius 1 is 1.06 bits per heavy atom. The first kappa shape index (κ1) is 11.9. The first-order valence-corrected chi connectivity index (χ1v) is 5.86. The van der Waals surface area contributed by atoms with Crippen LogP contribution in [0.15, 0.2) is 46.9 Å². The fraction of sp³-hybridized carbons (Fsp3) is 0.286. The van der Waals surface area contributed by atoms with Crippen molar-refractivity contribution >= 4 is 0 Å². The summed E-state index contributed by atoms with van der Waals surface area (Å²) in [5, 5.41) is 11.9. The van der Waals surface area contributed by atoms with Gasteiger partial charge in [-0.2, -0.15) is 0 Å². The summed E-state index contributed by atoms with van der Waals surface area (Å²) >= 11 is 0. The SMILES string of the molecule is OCCCNCc1ccc(-c2ccccc2)o1. The van der Waals surface area contributed by atoms with Crippen molar-refractivity contribution in [2.24, 2.45) is 0 Å². The molecule has 0 aliphatic heterocycles. The number of rotatable bonds is 6. The molecule has 3 nitrogen and oxygen atoms in total. The molecule has 0 unspecified atom stereocenters. The molecular weight excluding hydrogens is 214 g/mol. The summed E-state index contributed by atoms with van der Waals surface area (Å²) in [5.74, 6) is 1.81. The average molecular weight is 231 g/mol. The zero-order valence-corrected chi connectivity index (χ0v) is 9.73. The highest BCUT2D eigenvalue weighted by atomic mass is 16.3. The standard InChI is InChI=1S/C14H17NO2/c16-10-4-9-15-11-13-7-8-14(17-13)12-5-2-1-3-6-12/h1-3,5-8,15-16H,4,9-11H2. The molecule has 1 aromatic carbocycles. The number of furan rings is 1. The lowest BCUT2D eigenvalue weighted by molar-refractivity contribution is 0.285. The van der Waals surface area contributed by atoms with Gasteiger partial charge in [0.25, 0.3) is 0 Å². The highest BCUT2D eigenvalue weighted by molar-refractivity contribution is 5.57. The molecule has 0 saturated carbocycles. The summed E-state index contributed by atoms with van der Waals surface area (Å²) in [4.78, 5) is 0. The van der Waals surface area contributed by atoms with Crippen LogP contribution >= 0.6 is 0 Å². The zero-order chi connectivity index (χ0) is 11.9. The third kappa shape index (κ3) is 3.44. The molecule has 0 spiro atoms. The maximum Gasteiger partial charge on any atom is 0.134 e. The van der Waals surface area contributed by atoms with E-state index in [1.807, 2.05) is 42.5 Å². The monoisotopic (exact) mass is 231 g/mol. The van der Waals surface area contributed by atoms with Gasteiger partial charge in [-0.15, -0.1) is 0 Å². The van der Waals surface area contributed by atoms with Crippen molar-refractivity contribution in [3.8, 4) is 11.3 Å². The van der Waals surface area contributed by atoms with Crippen molar-refractivity contribution in [2.75, 3.05) is 13.2 Å². The van der Waals surface area contributed by atoms with E-state index in [2.05, 4.69) is 5.32 Å². The highest BCUT2D eigenvalue weighted by Crippen LogP contribution is 2.21. The Labute approximate surface area is 101 Å². The summed E-state index contributed by atoms with van der Waals surface area (Å²) in [7, 11) is 0. The Morgan fingerprint density at radius 3 is 2.65 bits per heavy atom. The van der Waals surface area contributed by atoms with Gasteiger partial charge in [0.2, 0.25) is 0 Å². The summed E-state index contributed by atoms with van der Waals surface area (Å²) in [6.45, 7) is 1.73. The largest absolute Gasteiger partial charge is 0.460 e. The predicted molar refractivity (Wildman–Crippen MR) is 67.6 cm³/mol. The minimum absolute atomic E-state index is 0.223. The number of hydrogen-bond donors (Lipinski definition) is 2. The molecule has 90 valence electrons. The molecule has 0 aliphatic rings. The van der Waals surface area contributed by atoms with Crippen molar-refractivity contribution in [1.82, 2.24) is 5.32 Å². The van der Waals surface area contributed by atoms with Crippen LogP contribution in [0.4, 0.5) is 0 Å². The van der Waals surface area contributed by atoms with Gasteiger partial charge in [-0.3, -0.25) is 0 Å². The quantitative estimate of drug-likeness (QED) is 0.750. The molecule has 0 amide bonds. The van der Waals surface area contributed by atoms with Gasteiger partial charge in [-0.05, 0) is 25.1 Å². The van der Waals surface area contributed by atoms with E-state index in [1.54, 1.807) is 0 Å². The van der Waals surface area contributed by atoms with Crippen LogP contribution in [0.1, 0.15) is 12.2 Å². The number of aliphatic hydroxyl groups is 1. The molecule has 2 rings (SSSR count). The lowest BCUT2D eigenvalue weighted by Crippen LogP contribution is -2.15. The third-order valence-electron chi connectivity index (χ3n) is 2.53. The van der Waals surface area contributed by atoms with Crippen molar-refractivity contribution in [2.45, 2.75) is 13.0 Å². The third-order valence-corrected chi connectivity index (χ3v) is 2.53. The highest BCUT2D eigenvalue weighted by Gasteiger charge is 2.03. The van der Waals surface area contributed by atoms with Crippen LogP contribution in [0.5, 0.6) is 0 Å². The van der Waals surface area contributed by atoms with E-state index in [1.165, 1.54) is 0 Å². The smallest absolute Gasteiger partial charge is 0.134 e. The second kappa shape index (κ2) is 6.23. The number of hydrogen-bond acceptors (Lipinski definition) is 3. The van der Waals surface area contributed by atoms with Gasteiger partial charge in [0.05, 0.1) is 6.54 Å². The molecule has 2 N–H and O–H groups in total. The van der Waals surface area contributed by atoms with E-state index in [4.69, 9.17) is 9.52 Å². The molecule has 0 radical (unpaired) electrons. The van der Waals surface area contributed by atoms with Crippen LogP contribution in [0.2, 0.25) is 0 Å². The molecule has 3 heteroatoms. The normalized spacial score (nSPS) is 10.6. The van der Waals surface area contributed by atoms with Crippen LogP contribution in [0.3, 0.4) is 0 Å². The molecule has 0 bridgehead atoms. The molecule has 1 aromatic heterocycles. The molecular formula is C14H17NO2. The van der Waals surface area contributed by atoms with Crippen LogP contribution in [-0.2, 0) is 6.54 Å². The molecule has 0 fully saturated rings. The van der Waals surface area contributed by atoms with Gasteiger partial charge in [0.1, 0.15) is 11.5 Å². The molecule has 0 saturated heterocycles. The Bertz CT molecular complexity index is 436. The van der Waals surface area contributed by atoms with Gasteiger partial charge in [-0.25, -0.2) is 0 Å². The summed E-state index contributed by atoms with van der Waals surface area (Å²) < 4.78 is 5.72. The van der Waals surface area contributed by atoms with Crippen molar-refractivity contribution in [1.29, 1.82) is 0 Å². The van der Waals surface area contributed by atoms with Gasteiger partial charge in [0.15, 0.2) is 0 Å². The maximum absolute atomic E-state index is 8.65. The fourth-order valence-corrected chi connectivity index (χ4v) is 1.65. The van der Waals surface area contributed by atoms with E-state index in [9.17, 15) is 0 Å². The van der Waals surface area contributed by atoms with Gasteiger partial charge >= 0.3 is 0 Å². The molecule has 2 aromatic rings. The maximum atomic E-state index is 8.65. The van der Waals surface area contributed by atoms with Crippen molar-refractivity contribution in [3.63, 3.8) is 0 Å². The minimum atomic E-state index is 0.223. The average Bonchev–Trinajstić information content (AvgIpc) is 2.85. The molecule has 0 atom stereocenters. The van der Waals surface area contributed by atoms with Crippen LogP contribution in [-0.4, -0.2) is 18.3 Å². The Hall–Kier alpha value is -1.58. The number of nitrogens with one attached hydrogen (secondary N) is 1. The van der Waals surface area contributed by atoms with Crippen LogP contribution in [0.25, 0.3) is 11.3 Å². The van der Waals surface area contributed by atoms with Gasteiger partial charge < -0.3 is 14.8 Å². The van der Waals surface area contributed by atoms with Crippen LogP contribution < -0.4 is 5.32 Å². The zero-order valence-electron chi connectivity index (χ0n) is 9.73. The lowest BCUT2D eigenvalue weighted by atomic mass is 10.2. The number of aliphatic hydroxyl groups excluding tert-OH is 1. The molecule has 0 aliphatic carbocycles. The summed E-state index contributed by atoms with van der Waals surface area (Å²) in [6, 6.07) is 14.0. The van der Waals surface area contributed by atoms with E-state index in [0.29, 0.717) is 6.54 Å². The Morgan fingerprint density at radius 2 is 1.88 bits per heavy atom.